The van der Waals surface area contributed by atoms with Gasteiger partial charge in [-0.15, -0.1) is 0 Å². The molecule has 4 rings (SSSR count). The first-order valence-electron chi connectivity index (χ1n) is 10.7. The summed E-state index contributed by atoms with van der Waals surface area (Å²) in [6, 6.07) is 19.4. The SMILES string of the molecule is N#CCCn1cc(C(=O)CN2CCC(NC(=O)c3ccccc3)CC2)c2ccccc21. The van der Waals surface area contributed by atoms with Gasteiger partial charge in [0.05, 0.1) is 19.0 Å². The van der Waals surface area contributed by atoms with Gasteiger partial charge in [0.1, 0.15) is 0 Å². The standard InChI is InChI=1S/C25H26N4O2/c26-13-6-14-29-17-22(21-9-4-5-10-23(21)29)24(30)18-28-15-11-20(12-16-28)27-25(31)19-7-2-1-3-8-19/h1-5,7-10,17,20H,6,11-12,14-16,18H2,(H,27,31). The summed E-state index contributed by atoms with van der Waals surface area (Å²) in [5.41, 5.74) is 2.38. The van der Waals surface area contributed by atoms with Gasteiger partial charge in [-0.2, -0.15) is 5.26 Å². The molecule has 6 heteroatoms. The number of carbonyl (C=O) groups is 2. The molecule has 2 aromatic carbocycles. The number of aromatic nitrogens is 1. The van der Waals surface area contributed by atoms with Gasteiger partial charge in [-0.05, 0) is 31.0 Å². The second-order valence-corrected chi connectivity index (χ2v) is 7.97. The smallest absolute Gasteiger partial charge is 0.251 e. The van der Waals surface area contributed by atoms with Gasteiger partial charge in [0.25, 0.3) is 5.91 Å². The number of likely N-dealkylation sites (tertiary alicyclic amines) is 1. The number of nitrogens with one attached hydrogen (secondary N) is 1. The molecule has 1 aromatic heterocycles. The van der Waals surface area contributed by atoms with Crippen LogP contribution in [0.4, 0.5) is 0 Å². The average Bonchev–Trinajstić information content (AvgIpc) is 3.18. The molecule has 1 amide bonds. The summed E-state index contributed by atoms with van der Waals surface area (Å²) in [6.45, 7) is 2.50. The summed E-state index contributed by atoms with van der Waals surface area (Å²) in [5, 5.41) is 13.0. The van der Waals surface area contributed by atoms with E-state index in [1.54, 1.807) is 0 Å². The molecule has 0 aliphatic carbocycles. The molecule has 1 aliphatic rings. The van der Waals surface area contributed by atoms with Crippen molar-refractivity contribution >= 4 is 22.6 Å². The number of Topliss-reactive ketones (excluding diaryl/α,β-unsaturated/α-hetero) is 1. The van der Waals surface area contributed by atoms with E-state index in [0.29, 0.717) is 30.6 Å². The molecule has 158 valence electrons. The highest BCUT2D eigenvalue weighted by Gasteiger charge is 2.24. The van der Waals surface area contributed by atoms with Gasteiger partial charge in [0, 0.05) is 53.9 Å². The zero-order valence-corrected chi connectivity index (χ0v) is 17.5. The Hall–Kier alpha value is -3.43. The van der Waals surface area contributed by atoms with Crippen LogP contribution in [0.5, 0.6) is 0 Å². The molecule has 3 aromatic rings. The summed E-state index contributed by atoms with van der Waals surface area (Å²) in [6.07, 6.45) is 3.96. The zero-order valence-electron chi connectivity index (χ0n) is 17.5. The minimum Gasteiger partial charge on any atom is -0.349 e. The van der Waals surface area contributed by atoms with Crippen LogP contribution in [0.1, 0.15) is 40.0 Å². The van der Waals surface area contributed by atoms with Crippen LogP contribution >= 0.6 is 0 Å². The first-order valence-corrected chi connectivity index (χ1v) is 10.7. The highest BCUT2D eigenvalue weighted by Crippen LogP contribution is 2.23. The molecule has 0 atom stereocenters. The number of hydrogen-bond donors (Lipinski definition) is 1. The molecular weight excluding hydrogens is 388 g/mol. The summed E-state index contributed by atoms with van der Waals surface area (Å²) in [7, 11) is 0. The number of carbonyl (C=O) groups excluding carboxylic acids is 2. The minimum absolute atomic E-state index is 0.0414. The molecule has 1 N–H and O–H groups in total. The molecule has 6 nitrogen and oxygen atoms in total. The van der Waals surface area contributed by atoms with Crippen molar-refractivity contribution in [3.63, 3.8) is 0 Å². The number of nitriles is 1. The third kappa shape index (κ3) is 4.84. The van der Waals surface area contributed by atoms with E-state index in [-0.39, 0.29) is 17.7 Å². The number of rotatable bonds is 7. The van der Waals surface area contributed by atoms with E-state index < -0.39 is 0 Å². The Kier molecular flexibility index (Phi) is 6.44. The summed E-state index contributed by atoms with van der Waals surface area (Å²) in [4.78, 5) is 27.6. The predicted molar refractivity (Wildman–Crippen MR) is 120 cm³/mol. The molecule has 1 fully saturated rings. The summed E-state index contributed by atoms with van der Waals surface area (Å²) in [5.74, 6) is 0.0546. The Balaban J connectivity index is 1.35. The molecule has 31 heavy (non-hydrogen) atoms. The second-order valence-electron chi connectivity index (χ2n) is 7.97. The van der Waals surface area contributed by atoms with Crippen molar-refractivity contribution in [2.24, 2.45) is 0 Å². The third-order valence-corrected chi connectivity index (χ3v) is 5.88. The monoisotopic (exact) mass is 414 g/mol. The Labute approximate surface area is 182 Å². The van der Waals surface area contributed by atoms with Gasteiger partial charge in [-0.3, -0.25) is 14.5 Å². The van der Waals surface area contributed by atoms with Crippen molar-refractivity contribution < 1.29 is 9.59 Å². The lowest BCUT2D eigenvalue weighted by Gasteiger charge is -2.31. The quantitative estimate of drug-likeness (QED) is 0.599. The lowest BCUT2D eigenvalue weighted by Crippen LogP contribution is -2.45. The zero-order chi connectivity index (χ0) is 21.6. The molecular formula is C25H26N4O2. The fraction of sp³-hybridized carbons (Fsp3) is 0.320. The van der Waals surface area contributed by atoms with Crippen molar-refractivity contribution in [1.29, 1.82) is 5.26 Å². The molecule has 0 saturated carbocycles. The van der Waals surface area contributed by atoms with Crippen LogP contribution in [0, 0.1) is 11.3 Å². The predicted octanol–water partition coefficient (Wildman–Crippen LogP) is 3.63. The number of ketones is 1. The van der Waals surface area contributed by atoms with Crippen LogP contribution in [0.15, 0.2) is 60.8 Å². The van der Waals surface area contributed by atoms with Crippen molar-refractivity contribution in [3.05, 3.63) is 71.9 Å². The largest absolute Gasteiger partial charge is 0.349 e. The van der Waals surface area contributed by atoms with Gasteiger partial charge in [-0.25, -0.2) is 0 Å². The third-order valence-electron chi connectivity index (χ3n) is 5.88. The van der Waals surface area contributed by atoms with Crippen molar-refractivity contribution in [3.8, 4) is 6.07 Å². The average molecular weight is 415 g/mol. The molecule has 2 heterocycles. The van der Waals surface area contributed by atoms with Gasteiger partial charge >= 0.3 is 0 Å². The highest BCUT2D eigenvalue weighted by atomic mass is 16.1. The number of aryl methyl sites for hydroxylation is 1. The molecule has 1 saturated heterocycles. The van der Waals surface area contributed by atoms with Crippen molar-refractivity contribution in [1.82, 2.24) is 14.8 Å². The Morgan fingerprint density at radius 3 is 2.48 bits per heavy atom. The molecule has 0 spiro atoms. The van der Waals surface area contributed by atoms with E-state index in [1.165, 1.54) is 0 Å². The molecule has 1 aliphatic heterocycles. The van der Waals surface area contributed by atoms with E-state index in [2.05, 4.69) is 16.3 Å². The van der Waals surface area contributed by atoms with Gasteiger partial charge < -0.3 is 9.88 Å². The van der Waals surface area contributed by atoms with Crippen LogP contribution in [0.25, 0.3) is 10.9 Å². The van der Waals surface area contributed by atoms with Crippen molar-refractivity contribution in [2.75, 3.05) is 19.6 Å². The lowest BCUT2D eigenvalue weighted by molar-refractivity contribution is 0.0859. The number of benzene rings is 2. The van der Waals surface area contributed by atoms with Crippen LogP contribution < -0.4 is 5.32 Å². The van der Waals surface area contributed by atoms with Crippen LogP contribution in [0.2, 0.25) is 0 Å². The van der Waals surface area contributed by atoms with Gasteiger partial charge in [0.15, 0.2) is 5.78 Å². The number of hydrogen-bond acceptors (Lipinski definition) is 4. The fourth-order valence-electron chi connectivity index (χ4n) is 4.21. The highest BCUT2D eigenvalue weighted by molar-refractivity contribution is 6.09. The molecule has 0 radical (unpaired) electrons. The number of para-hydroxylation sites is 1. The van der Waals surface area contributed by atoms with Crippen molar-refractivity contribution in [2.45, 2.75) is 31.8 Å². The number of nitrogens with zero attached hydrogens (tertiary/aromatic N) is 3. The van der Waals surface area contributed by atoms with E-state index >= 15 is 0 Å². The second kappa shape index (κ2) is 9.59. The Bertz CT molecular complexity index is 1110. The number of fused-ring (bicyclic) bond motifs is 1. The lowest BCUT2D eigenvalue weighted by atomic mass is 10.0. The molecule has 0 bridgehead atoms. The topological polar surface area (TPSA) is 78.1 Å². The fourth-order valence-corrected chi connectivity index (χ4v) is 4.21. The number of piperidine rings is 1. The van der Waals surface area contributed by atoms with E-state index in [4.69, 9.17) is 5.26 Å². The van der Waals surface area contributed by atoms with Crippen LogP contribution in [-0.2, 0) is 6.54 Å². The normalized spacial score (nSPS) is 14.9. The Morgan fingerprint density at radius 2 is 1.74 bits per heavy atom. The number of amides is 1. The maximum Gasteiger partial charge on any atom is 0.251 e. The first kappa shape index (κ1) is 20.8. The maximum absolute atomic E-state index is 13.1. The summed E-state index contributed by atoms with van der Waals surface area (Å²) < 4.78 is 2.00. The van der Waals surface area contributed by atoms with Gasteiger partial charge in [-0.1, -0.05) is 36.4 Å². The van der Waals surface area contributed by atoms with E-state index in [9.17, 15) is 9.59 Å². The molecule has 0 unspecified atom stereocenters. The summed E-state index contributed by atoms with van der Waals surface area (Å²) >= 11 is 0. The van der Waals surface area contributed by atoms with Gasteiger partial charge in [0.2, 0.25) is 0 Å². The van der Waals surface area contributed by atoms with Crippen LogP contribution in [0.3, 0.4) is 0 Å². The van der Waals surface area contributed by atoms with Crippen LogP contribution in [-0.4, -0.2) is 46.8 Å². The first-order chi connectivity index (χ1) is 15.2. The van der Waals surface area contributed by atoms with E-state index in [0.717, 1.165) is 36.8 Å². The van der Waals surface area contributed by atoms with E-state index in [1.807, 2.05) is 65.4 Å². The maximum atomic E-state index is 13.1. The Morgan fingerprint density at radius 1 is 1.03 bits per heavy atom. The minimum atomic E-state index is -0.0414.